The molecule has 0 saturated carbocycles. The predicted molar refractivity (Wildman–Crippen MR) is 120 cm³/mol. The van der Waals surface area contributed by atoms with Crippen molar-refractivity contribution < 1.29 is 14.3 Å². The van der Waals surface area contributed by atoms with Gasteiger partial charge in [0.2, 0.25) is 5.88 Å². The number of anilines is 1. The third-order valence-electron chi connectivity index (χ3n) is 4.10. The molecule has 0 bridgehead atoms. The van der Waals surface area contributed by atoms with Crippen molar-refractivity contribution in [2.45, 2.75) is 13.8 Å². The molecule has 152 valence electrons. The zero-order valence-electron chi connectivity index (χ0n) is 16.9. The molecule has 0 spiro atoms. The summed E-state index contributed by atoms with van der Waals surface area (Å²) in [5.74, 6) is 0.108. The fourth-order valence-corrected chi connectivity index (χ4v) is 3.49. The molecule has 7 heteroatoms. The summed E-state index contributed by atoms with van der Waals surface area (Å²) in [4.78, 5) is 34.3. The van der Waals surface area contributed by atoms with Crippen LogP contribution in [-0.4, -0.2) is 28.8 Å². The number of ketones is 1. The summed E-state index contributed by atoms with van der Waals surface area (Å²) >= 11 is 1.27. The first-order chi connectivity index (χ1) is 14.6. The van der Waals surface area contributed by atoms with Crippen LogP contribution in [0.3, 0.4) is 0 Å². The van der Waals surface area contributed by atoms with Crippen LogP contribution < -0.4 is 10.1 Å². The Morgan fingerprint density at radius 2 is 1.47 bits per heavy atom. The first-order valence-electron chi connectivity index (χ1n) is 9.47. The van der Waals surface area contributed by atoms with Crippen LogP contribution in [0.1, 0.15) is 40.1 Å². The van der Waals surface area contributed by atoms with Crippen LogP contribution in [0.2, 0.25) is 0 Å². The number of pyridine rings is 1. The van der Waals surface area contributed by atoms with Crippen LogP contribution in [0.4, 0.5) is 5.13 Å². The summed E-state index contributed by atoms with van der Waals surface area (Å²) in [5.41, 5.74) is 2.26. The van der Waals surface area contributed by atoms with Gasteiger partial charge in [0.15, 0.2) is 10.9 Å². The number of hydrogen-bond donors (Lipinski definition) is 1. The topological polar surface area (TPSA) is 81.2 Å². The van der Waals surface area contributed by atoms with Gasteiger partial charge in [-0.3, -0.25) is 14.9 Å². The second-order valence-corrected chi connectivity index (χ2v) is 6.90. The zero-order chi connectivity index (χ0) is 21.5. The highest BCUT2D eigenvalue weighted by Crippen LogP contribution is 2.26. The quantitative estimate of drug-likeness (QED) is 0.449. The van der Waals surface area contributed by atoms with Crippen molar-refractivity contribution in [1.82, 2.24) is 9.97 Å². The Morgan fingerprint density at radius 1 is 0.833 bits per heavy atom. The number of fused-ring (bicyclic) bond motifs is 1. The number of benzene rings is 2. The first kappa shape index (κ1) is 21.1. The fourth-order valence-electron chi connectivity index (χ4n) is 2.67. The van der Waals surface area contributed by atoms with Gasteiger partial charge in [-0.05, 0) is 18.2 Å². The minimum atomic E-state index is -0.301. The number of nitrogens with one attached hydrogen (secondary N) is 1. The lowest BCUT2D eigenvalue weighted by Gasteiger charge is -2.04. The van der Waals surface area contributed by atoms with Gasteiger partial charge in [-0.2, -0.15) is 0 Å². The van der Waals surface area contributed by atoms with Crippen LogP contribution in [0.5, 0.6) is 5.88 Å². The standard InChI is InChI=1S/C21H15N3O3S.C2H6/c1-27-17-12-11-16-20(23-17)28-21(22-16)24-19(26)15-9-7-14(8-10-15)18(25)13-5-3-2-4-6-13;1-2/h2-12H,1H3,(H,22,24,26);1-2H3. The van der Waals surface area contributed by atoms with Gasteiger partial charge in [-0.15, -0.1) is 0 Å². The Balaban J connectivity index is 0.00000124. The van der Waals surface area contributed by atoms with Crippen LogP contribution in [0.15, 0.2) is 66.7 Å². The molecule has 0 saturated heterocycles. The summed E-state index contributed by atoms with van der Waals surface area (Å²) in [6.45, 7) is 4.00. The number of methoxy groups -OCH3 is 1. The highest BCUT2D eigenvalue weighted by Gasteiger charge is 2.13. The van der Waals surface area contributed by atoms with Crippen molar-refractivity contribution in [3.05, 3.63) is 83.4 Å². The van der Waals surface area contributed by atoms with E-state index in [0.717, 1.165) is 0 Å². The summed E-state index contributed by atoms with van der Waals surface area (Å²) in [6, 6.07) is 19.1. The first-order valence-corrected chi connectivity index (χ1v) is 10.3. The van der Waals surface area contributed by atoms with Crippen LogP contribution in [0, 0.1) is 0 Å². The van der Waals surface area contributed by atoms with Crippen molar-refractivity contribution in [2.75, 3.05) is 12.4 Å². The Hall–Kier alpha value is -3.58. The van der Waals surface area contributed by atoms with Gasteiger partial charge in [0.25, 0.3) is 5.91 Å². The molecule has 2 aromatic carbocycles. The minimum absolute atomic E-state index is 0.0845. The van der Waals surface area contributed by atoms with E-state index in [1.807, 2.05) is 32.0 Å². The molecule has 30 heavy (non-hydrogen) atoms. The van der Waals surface area contributed by atoms with Gasteiger partial charge in [-0.1, -0.05) is 67.6 Å². The molecule has 0 aliphatic heterocycles. The lowest BCUT2D eigenvalue weighted by molar-refractivity contribution is 0.102. The fraction of sp³-hybridized carbons (Fsp3) is 0.130. The number of thiazole rings is 1. The van der Waals surface area contributed by atoms with Crippen molar-refractivity contribution in [3.8, 4) is 5.88 Å². The van der Waals surface area contributed by atoms with Gasteiger partial charge in [0, 0.05) is 22.8 Å². The van der Waals surface area contributed by atoms with E-state index in [2.05, 4.69) is 15.3 Å². The second kappa shape index (κ2) is 9.76. The SMILES string of the molecule is CC.COc1ccc2nc(NC(=O)c3ccc(C(=O)c4ccccc4)cc3)sc2n1. The molecule has 0 aliphatic rings. The average molecular weight is 420 g/mol. The molecule has 0 unspecified atom stereocenters. The Bertz CT molecular complexity index is 1160. The summed E-state index contributed by atoms with van der Waals surface area (Å²) < 4.78 is 5.10. The number of carbonyl (C=O) groups is 2. The lowest BCUT2D eigenvalue weighted by atomic mass is 10.0. The number of amides is 1. The maximum atomic E-state index is 12.5. The van der Waals surface area contributed by atoms with Crippen molar-refractivity contribution in [3.63, 3.8) is 0 Å². The van der Waals surface area contributed by atoms with E-state index in [1.165, 1.54) is 11.3 Å². The van der Waals surface area contributed by atoms with E-state index in [4.69, 9.17) is 4.74 Å². The normalized spacial score (nSPS) is 10.1. The number of hydrogen-bond acceptors (Lipinski definition) is 6. The van der Waals surface area contributed by atoms with Crippen molar-refractivity contribution in [1.29, 1.82) is 0 Å². The van der Waals surface area contributed by atoms with Gasteiger partial charge in [0.05, 0.1) is 7.11 Å². The van der Waals surface area contributed by atoms with Crippen LogP contribution >= 0.6 is 11.3 Å². The molecule has 0 aliphatic carbocycles. The minimum Gasteiger partial charge on any atom is -0.481 e. The van der Waals surface area contributed by atoms with E-state index in [-0.39, 0.29) is 11.7 Å². The number of rotatable bonds is 5. The number of aromatic nitrogens is 2. The van der Waals surface area contributed by atoms with Crippen LogP contribution in [-0.2, 0) is 0 Å². The molecule has 0 atom stereocenters. The summed E-state index contributed by atoms with van der Waals surface area (Å²) in [6.07, 6.45) is 0. The Kier molecular flexibility index (Phi) is 6.87. The van der Waals surface area contributed by atoms with Gasteiger partial charge in [-0.25, -0.2) is 9.97 Å². The van der Waals surface area contributed by atoms with E-state index in [9.17, 15) is 9.59 Å². The number of nitrogens with zero attached hydrogens (tertiary/aromatic N) is 2. The van der Waals surface area contributed by atoms with E-state index in [0.29, 0.717) is 38.0 Å². The van der Waals surface area contributed by atoms with Crippen molar-refractivity contribution in [2.24, 2.45) is 0 Å². The molecule has 1 N–H and O–H groups in total. The monoisotopic (exact) mass is 419 g/mol. The maximum Gasteiger partial charge on any atom is 0.257 e. The molecule has 4 rings (SSSR count). The summed E-state index contributed by atoms with van der Waals surface area (Å²) in [5, 5.41) is 3.22. The predicted octanol–water partition coefficient (Wildman–Crippen LogP) is 5.21. The van der Waals surface area contributed by atoms with Gasteiger partial charge < -0.3 is 4.74 Å². The molecule has 2 heterocycles. The van der Waals surface area contributed by atoms with E-state index >= 15 is 0 Å². The van der Waals surface area contributed by atoms with E-state index < -0.39 is 0 Å². The number of ether oxygens (including phenoxy) is 1. The van der Waals surface area contributed by atoms with Gasteiger partial charge in [0.1, 0.15) is 10.3 Å². The second-order valence-electron chi connectivity index (χ2n) is 5.92. The highest BCUT2D eigenvalue weighted by atomic mass is 32.1. The van der Waals surface area contributed by atoms with Crippen molar-refractivity contribution >= 4 is 38.5 Å². The smallest absolute Gasteiger partial charge is 0.257 e. The summed E-state index contributed by atoms with van der Waals surface area (Å²) in [7, 11) is 1.55. The van der Waals surface area contributed by atoms with E-state index in [1.54, 1.807) is 55.6 Å². The molecule has 1 amide bonds. The molecule has 0 radical (unpaired) electrons. The third kappa shape index (κ3) is 4.69. The van der Waals surface area contributed by atoms with Crippen LogP contribution in [0.25, 0.3) is 10.3 Å². The molecule has 4 aromatic rings. The average Bonchev–Trinajstić information content (AvgIpc) is 3.21. The Morgan fingerprint density at radius 3 is 2.13 bits per heavy atom. The molecular weight excluding hydrogens is 398 g/mol. The molecular formula is C23H21N3O3S. The lowest BCUT2D eigenvalue weighted by Crippen LogP contribution is -2.12. The third-order valence-corrected chi connectivity index (χ3v) is 4.99. The molecule has 2 aromatic heterocycles. The Labute approximate surface area is 178 Å². The maximum absolute atomic E-state index is 12.5. The zero-order valence-corrected chi connectivity index (χ0v) is 17.7. The highest BCUT2D eigenvalue weighted by molar-refractivity contribution is 7.22. The molecule has 6 nitrogen and oxygen atoms in total. The largest absolute Gasteiger partial charge is 0.481 e. The molecule has 0 fully saturated rings. The van der Waals surface area contributed by atoms with Gasteiger partial charge >= 0.3 is 0 Å². The number of carbonyl (C=O) groups excluding carboxylic acids is 2.